The van der Waals surface area contributed by atoms with Gasteiger partial charge in [-0.25, -0.2) is 8.42 Å². The maximum absolute atomic E-state index is 12.4. The first kappa shape index (κ1) is 19.6. The van der Waals surface area contributed by atoms with Crippen LogP contribution in [-0.4, -0.2) is 32.6 Å². The van der Waals surface area contributed by atoms with Crippen LogP contribution in [0.15, 0.2) is 48.5 Å². The van der Waals surface area contributed by atoms with Crippen LogP contribution in [0, 0.1) is 17.2 Å². The fourth-order valence-electron chi connectivity index (χ4n) is 3.58. The molecular weight excluding hydrogens is 358 g/mol. The van der Waals surface area contributed by atoms with Gasteiger partial charge < -0.3 is 4.74 Å². The Morgan fingerprint density at radius 2 is 1.85 bits per heavy atom. The van der Waals surface area contributed by atoms with Crippen molar-refractivity contribution in [2.75, 3.05) is 19.0 Å². The van der Waals surface area contributed by atoms with Crippen molar-refractivity contribution in [1.82, 2.24) is 0 Å². The van der Waals surface area contributed by atoms with E-state index in [1.165, 1.54) is 0 Å². The Morgan fingerprint density at radius 1 is 1.15 bits per heavy atom. The van der Waals surface area contributed by atoms with Gasteiger partial charge in [-0.2, -0.15) is 5.26 Å². The lowest BCUT2D eigenvalue weighted by molar-refractivity contribution is 0.0531. The Hall–Kier alpha value is -2.16. The lowest BCUT2D eigenvalue weighted by atomic mass is 9.83. The summed E-state index contributed by atoms with van der Waals surface area (Å²) >= 11 is 0. The van der Waals surface area contributed by atoms with Crippen molar-refractivity contribution in [1.29, 1.82) is 5.26 Å². The van der Waals surface area contributed by atoms with E-state index in [1.54, 1.807) is 13.8 Å². The summed E-state index contributed by atoms with van der Waals surface area (Å²) in [6, 6.07) is 17.9. The zero-order chi connectivity index (χ0) is 19.4. The quantitative estimate of drug-likeness (QED) is 0.777. The monoisotopic (exact) mass is 383 g/mol. The number of benzene rings is 2. The van der Waals surface area contributed by atoms with Crippen molar-refractivity contribution in [3.8, 4) is 17.2 Å². The summed E-state index contributed by atoms with van der Waals surface area (Å²) in [6.45, 7) is 4.64. The summed E-state index contributed by atoms with van der Waals surface area (Å²) in [5.41, 5.74) is 3.63. The molecular formula is C22H25NO3S. The third kappa shape index (κ3) is 4.40. The topological polar surface area (TPSA) is 67.2 Å². The van der Waals surface area contributed by atoms with Crippen molar-refractivity contribution in [2.24, 2.45) is 5.92 Å². The van der Waals surface area contributed by atoms with Crippen LogP contribution in [-0.2, 0) is 14.6 Å². The zero-order valence-electron chi connectivity index (χ0n) is 15.8. The number of hydrogen-bond acceptors (Lipinski definition) is 4. The van der Waals surface area contributed by atoms with Gasteiger partial charge in [-0.3, -0.25) is 0 Å². The van der Waals surface area contributed by atoms with Crippen LogP contribution in [0.1, 0.15) is 37.3 Å². The number of sulfone groups is 1. The maximum Gasteiger partial charge on any atom is 0.152 e. The second-order valence-electron chi connectivity index (χ2n) is 7.39. The predicted molar refractivity (Wildman–Crippen MR) is 107 cm³/mol. The van der Waals surface area contributed by atoms with E-state index in [4.69, 9.17) is 4.74 Å². The molecule has 2 aromatic rings. The molecule has 1 heterocycles. The molecule has 1 fully saturated rings. The highest BCUT2D eigenvalue weighted by molar-refractivity contribution is 7.91. The summed E-state index contributed by atoms with van der Waals surface area (Å²) in [7, 11) is -3.09. The van der Waals surface area contributed by atoms with Gasteiger partial charge in [-0.15, -0.1) is 0 Å². The number of rotatable bonds is 5. The van der Waals surface area contributed by atoms with Crippen LogP contribution in [0.2, 0.25) is 0 Å². The first-order valence-corrected chi connectivity index (χ1v) is 11.0. The number of nitrogens with zero attached hydrogens (tertiary/aromatic N) is 1. The van der Waals surface area contributed by atoms with Crippen LogP contribution in [0.4, 0.5) is 0 Å². The van der Waals surface area contributed by atoms with Crippen LogP contribution in [0.5, 0.6) is 0 Å². The van der Waals surface area contributed by atoms with Crippen LogP contribution >= 0.6 is 0 Å². The van der Waals surface area contributed by atoms with E-state index in [9.17, 15) is 13.7 Å². The zero-order valence-corrected chi connectivity index (χ0v) is 16.6. The second-order valence-corrected chi connectivity index (χ2v) is 9.99. The van der Waals surface area contributed by atoms with Crippen LogP contribution in [0.25, 0.3) is 11.1 Å². The van der Waals surface area contributed by atoms with Crippen molar-refractivity contribution >= 4 is 9.84 Å². The van der Waals surface area contributed by atoms with E-state index in [0.717, 1.165) is 23.1 Å². The average molecular weight is 384 g/mol. The van der Waals surface area contributed by atoms with E-state index in [1.807, 2.05) is 48.5 Å². The van der Waals surface area contributed by atoms with E-state index in [2.05, 4.69) is 6.07 Å². The minimum absolute atomic E-state index is 0.0726. The van der Waals surface area contributed by atoms with Gasteiger partial charge in [-0.1, -0.05) is 42.5 Å². The molecule has 0 aliphatic carbocycles. The first-order chi connectivity index (χ1) is 12.9. The highest BCUT2D eigenvalue weighted by Gasteiger charge is 2.32. The molecule has 1 saturated heterocycles. The molecule has 2 atom stereocenters. The van der Waals surface area contributed by atoms with Gasteiger partial charge in [0.1, 0.15) is 0 Å². The molecule has 0 aromatic heterocycles. The molecule has 0 radical (unpaired) electrons. The highest BCUT2D eigenvalue weighted by atomic mass is 32.2. The van der Waals surface area contributed by atoms with Gasteiger partial charge in [0, 0.05) is 12.5 Å². The molecule has 0 N–H and O–H groups in total. The van der Waals surface area contributed by atoms with E-state index < -0.39 is 9.84 Å². The van der Waals surface area contributed by atoms with Gasteiger partial charge in [0.25, 0.3) is 0 Å². The predicted octanol–water partition coefficient (Wildman–Crippen LogP) is 4.17. The van der Waals surface area contributed by atoms with E-state index >= 15 is 0 Å². The normalized spacial score (nSPS) is 20.4. The second kappa shape index (κ2) is 8.24. The molecule has 4 nitrogen and oxygen atoms in total. The first-order valence-electron chi connectivity index (χ1n) is 9.31. The minimum atomic E-state index is -3.09. The summed E-state index contributed by atoms with van der Waals surface area (Å²) in [5.74, 6) is 0.355. The lowest BCUT2D eigenvalue weighted by Gasteiger charge is -2.32. The van der Waals surface area contributed by atoms with Crippen molar-refractivity contribution in [3.05, 3.63) is 59.7 Å². The number of nitriles is 1. The van der Waals surface area contributed by atoms with Gasteiger partial charge in [-0.05, 0) is 48.9 Å². The molecule has 0 saturated carbocycles. The lowest BCUT2D eigenvalue weighted by Crippen LogP contribution is -2.33. The van der Waals surface area contributed by atoms with Crippen molar-refractivity contribution in [3.63, 3.8) is 0 Å². The molecule has 0 bridgehead atoms. The molecule has 3 rings (SSSR count). The number of ether oxygens (including phenoxy) is 1. The summed E-state index contributed by atoms with van der Waals surface area (Å²) < 4.78 is 30.5. The van der Waals surface area contributed by atoms with Crippen LogP contribution < -0.4 is 0 Å². The van der Waals surface area contributed by atoms with Crippen LogP contribution in [0.3, 0.4) is 0 Å². The molecule has 0 spiro atoms. The Bertz CT molecular complexity index is 927. The van der Waals surface area contributed by atoms with Gasteiger partial charge >= 0.3 is 0 Å². The molecule has 2 aromatic carbocycles. The Balaban J connectivity index is 1.85. The fourth-order valence-corrected chi connectivity index (χ4v) is 4.96. The molecule has 1 aliphatic heterocycles. The molecule has 0 unspecified atom stereocenters. The maximum atomic E-state index is 12.4. The van der Waals surface area contributed by atoms with Gasteiger partial charge in [0.2, 0.25) is 0 Å². The Kier molecular flexibility index (Phi) is 5.98. The minimum Gasteiger partial charge on any atom is -0.381 e. The Labute approximate surface area is 161 Å². The molecule has 27 heavy (non-hydrogen) atoms. The largest absolute Gasteiger partial charge is 0.381 e. The van der Waals surface area contributed by atoms with Gasteiger partial charge in [0.05, 0.1) is 29.2 Å². The molecule has 1 aliphatic rings. The molecule has 142 valence electrons. The van der Waals surface area contributed by atoms with Gasteiger partial charge in [0.15, 0.2) is 9.84 Å². The molecule has 0 amide bonds. The SMILES string of the molecule is CC(C)S(=O)(=O)C[C@H]1CCOC[C@@H]1c1ccc(-c2ccccc2C#N)cc1. The smallest absolute Gasteiger partial charge is 0.152 e. The number of hydrogen-bond donors (Lipinski definition) is 0. The Morgan fingerprint density at radius 3 is 2.52 bits per heavy atom. The molecule has 5 heteroatoms. The summed E-state index contributed by atoms with van der Waals surface area (Å²) in [5, 5.41) is 8.95. The summed E-state index contributed by atoms with van der Waals surface area (Å²) in [6.07, 6.45) is 0.760. The van der Waals surface area contributed by atoms with E-state index in [0.29, 0.717) is 18.8 Å². The fraction of sp³-hybridized carbons (Fsp3) is 0.409. The average Bonchev–Trinajstić information content (AvgIpc) is 2.68. The summed E-state index contributed by atoms with van der Waals surface area (Å²) in [4.78, 5) is 0. The van der Waals surface area contributed by atoms with E-state index in [-0.39, 0.29) is 22.8 Å². The third-order valence-corrected chi connectivity index (χ3v) is 7.69. The third-order valence-electron chi connectivity index (χ3n) is 5.36. The highest BCUT2D eigenvalue weighted by Crippen LogP contribution is 2.34. The standard InChI is InChI=1S/C22H25NO3S/c1-16(2)27(24,25)15-20-11-12-26-14-22(20)18-9-7-17(8-10-18)21-6-4-3-5-19(21)13-23/h3-10,16,20,22H,11-12,14-15H2,1-2H3/t20-,22-/m1/s1. The van der Waals surface area contributed by atoms with Crippen molar-refractivity contribution < 1.29 is 13.2 Å². The van der Waals surface area contributed by atoms with Crippen molar-refractivity contribution in [2.45, 2.75) is 31.4 Å².